The minimum absolute atomic E-state index is 0.00392. The van der Waals surface area contributed by atoms with E-state index in [1.165, 1.54) is 22.6 Å². The van der Waals surface area contributed by atoms with E-state index in [0.717, 1.165) is 0 Å². The number of rotatable bonds is 2. The van der Waals surface area contributed by atoms with Crippen LogP contribution in [0.1, 0.15) is 12.8 Å². The summed E-state index contributed by atoms with van der Waals surface area (Å²) in [4.78, 5) is 3.75. The molecule has 1 aliphatic heterocycles. The molecule has 2 rings (SSSR count). The van der Waals surface area contributed by atoms with Gasteiger partial charge in [0.25, 0.3) is 0 Å². The Morgan fingerprint density at radius 2 is 2.29 bits per heavy atom. The molecular formula is C10H13ClN2O3S. The second-order valence-corrected chi connectivity index (χ2v) is 6.22. The molecule has 7 heteroatoms. The van der Waals surface area contributed by atoms with Crippen LogP contribution in [0, 0.1) is 0 Å². The van der Waals surface area contributed by atoms with Crippen LogP contribution < -0.4 is 0 Å². The van der Waals surface area contributed by atoms with Crippen LogP contribution in [0.2, 0.25) is 5.15 Å². The van der Waals surface area contributed by atoms with Crippen molar-refractivity contribution in [2.24, 2.45) is 0 Å². The summed E-state index contributed by atoms with van der Waals surface area (Å²) in [6.07, 6.45) is 2.12. The fourth-order valence-electron chi connectivity index (χ4n) is 1.84. The van der Waals surface area contributed by atoms with Crippen LogP contribution >= 0.6 is 11.6 Å². The van der Waals surface area contributed by atoms with E-state index < -0.39 is 16.1 Å². The maximum Gasteiger partial charge on any atom is 0.246 e. The van der Waals surface area contributed by atoms with Crippen molar-refractivity contribution in [1.29, 1.82) is 0 Å². The molecular weight excluding hydrogens is 264 g/mol. The molecule has 1 saturated heterocycles. The molecule has 0 radical (unpaired) electrons. The number of sulfonamides is 1. The molecule has 1 fully saturated rings. The molecule has 0 amide bonds. The van der Waals surface area contributed by atoms with E-state index >= 15 is 0 Å². The van der Waals surface area contributed by atoms with Gasteiger partial charge in [0.1, 0.15) is 10.0 Å². The third-order valence-electron chi connectivity index (χ3n) is 2.70. The Balaban J connectivity index is 2.33. The molecule has 1 aromatic heterocycles. The van der Waals surface area contributed by atoms with E-state index in [1.807, 2.05) is 0 Å². The lowest BCUT2D eigenvalue weighted by molar-refractivity contribution is 0.108. The number of nitrogens with zero attached hydrogens (tertiary/aromatic N) is 2. The lowest BCUT2D eigenvalue weighted by Crippen LogP contribution is -2.42. The molecule has 1 N–H and O–H groups in total. The van der Waals surface area contributed by atoms with Crippen molar-refractivity contribution in [1.82, 2.24) is 9.29 Å². The molecule has 2 heterocycles. The average Bonchev–Trinajstić information content (AvgIpc) is 2.29. The largest absolute Gasteiger partial charge is 0.392 e. The summed E-state index contributed by atoms with van der Waals surface area (Å²) in [6, 6.07) is 2.95. The predicted octanol–water partition coefficient (Wildman–Crippen LogP) is 0.880. The highest BCUT2D eigenvalue weighted by Gasteiger charge is 2.31. The van der Waals surface area contributed by atoms with E-state index in [1.54, 1.807) is 0 Å². The molecule has 0 saturated carbocycles. The monoisotopic (exact) mass is 276 g/mol. The number of aliphatic hydroxyl groups is 1. The van der Waals surface area contributed by atoms with Gasteiger partial charge in [-0.3, -0.25) is 0 Å². The molecule has 1 aromatic rings. The number of piperidine rings is 1. The van der Waals surface area contributed by atoms with Crippen molar-refractivity contribution >= 4 is 21.6 Å². The van der Waals surface area contributed by atoms with Gasteiger partial charge in [0.15, 0.2) is 0 Å². The molecule has 0 aliphatic carbocycles. The number of aliphatic hydroxyl groups excluding tert-OH is 1. The zero-order valence-electron chi connectivity index (χ0n) is 9.08. The number of hydrogen-bond donors (Lipinski definition) is 1. The number of hydrogen-bond acceptors (Lipinski definition) is 4. The highest BCUT2D eigenvalue weighted by molar-refractivity contribution is 7.89. The number of pyridine rings is 1. The molecule has 0 aromatic carbocycles. The SMILES string of the molecule is O=S(=O)(c1cccnc1Cl)N1CCCC(O)C1. The Kier molecular flexibility index (Phi) is 3.67. The molecule has 0 spiro atoms. The quantitative estimate of drug-likeness (QED) is 0.814. The van der Waals surface area contributed by atoms with Crippen LogP contribution in [0.3, 0.4) is 0 Å². The minimum Gasteiger partial charge on any atom is -0.392 e. The van der Waals surface area contributed by atoms with Crippen molar-refractivity contribution in [3.8, 4) is 0 Å². The first-order valence-corrected chi connectivity index (χ1v) is 7.12. The van der Waals surface area contributed by atoms with Gasteiger partial charge in [-0.1, -0.05) is 11.6 Å². The lowest BCUT2D eigenvalue weighted by Gasteiger charge is -2.29. The van der Waals surface area contributed by atoms with E-state index in [4.69, 9.17) is 11.6 Å². The Bertz CT molecular complexity index is 506. The van der Waals surface area contributed by atoms with Gasteiger partial charge >= 0.3 is 0 Å². The third-order valence-corrected chi connectivity index (χ3v) is 5.01. The van der Waals surface area contributed by atoms with E-state index in [-0.39, 0.29) is 16.6 Å². The topological polar surface area (TPSA) is 70.5 Å². The summed E-state index contributed by atoms with van der Waals surface area (Å²) >= 11 is 5.78. The van der Waals surface area contributed by atoms with Gasteiger partial charge in [0, 0.05) is 19.3 Å². The smallest absolute Gasteiger partial charge is 0.246 e. The number of halogens is 1. The zero-order chi connectivity index (χ0) is 12.5. The fourth-order valence-corrected chi connectivity index (χ4v) is 3.79. The molecule has 1 atom stereocenters. The Hall–Kier alpha value is -0.690. The summed E-state index contributed by atoms with van der Waals surface area (Å²) < 4.78 is 25.7. The van der Waals surface area contributed by atoms with Gasteiger partial charge in [-0.25, -0.2) is 13.4 Å². The summed E-state index contributed by atoms with van der Waals surface area (Å²) in [5.41, 5.74) is 0. The van der Waals surface area contributed by atoms with Gasteiger partial charge in [-0.05, 0) is 25.0 Å². The van der Waals surface area contributed by atoms with Crippen LogP contribution in [0.15, 0.2) is 23.2 Å². The number of β-amino-alcohol motifs (C(OH)–C–C–N with tert-alkyl or cyclic N) is 1. The van der Waals surface area contributed by atoms with Crippen LogP contribution in [0.25, 0.3) is 0 Å². The van der Waals surface area contributed by atoms with E-state index in [2.05, 4.69) is 4.98 Å². The Morgan fingerprint density at radius 3 is 2.94 bits per heavy atom. The minimum atomic E-state index is -3.65. The second kappa shape index (κ2) is 4.89. The Morgan fingerprint density at radius 1 is 1.53 bits per heavy atom. The lowest BCUT2D eigenvalue weighted by atomic mass is 10.1. The van der Waals surface area contributed by atoms with Gasteiger partial charge in [-0.15, -0.1) is 0 Å². The average molecular weight is 277 g/mol. The molecule has 1 aliphatic rings. The second-order valence-electron chi connectivity index (χ2n) is 3.95. The molecule has 5 nitrogen and oxygen atoms in total. The van der Waals surface area contributed by atoms with Crippen LogP contribution in [0.5, 0.6) is 0 Å². The third kappa shape index (κ3) is 2.60. The summed E-state index contributed by atoms with van der Waals surface area (Å²) in [5, 5.41) is 9.47. The molecule has 94 valence electrons. The van der Waals surface area contributed by atoms with Crippen molar-refractivity contribution in [3.63, 3.8) is 0 Å². The predicted molar refractivity (Wildman–Crippen MR) is 63.2 cm³/mol. The first-order valence-electron chi connectivity index (χ1n) is 5.30. The highest BCUT2D eigenvalue weighted by atomic mass is 35.5. The molecule has 1 unspecified atom stereocenters. The van der Waals surface area contributed by atoms with Gasteiger partial charge in [0.2, 0.25) is 10.0 Å². The van der Waals surface area contributed by atoms with Crippen LogP contribution in [-0.2, 0) is 10.0 Å². The Labute approximate surface area is 105 Å². The number of aromatic nitrogens is 1. The first-order chi connectivity index (χ1) is 8.01. The normalized spacial score (nSPS) is 22.6. The van der Waals surface area contributed by atoms with Gasteiger partial charge in [-0.2, -0.15) is 4.31 Å². The first kappa shape index (κ1) is 12.8. The summed E-state index contributed by atoms with van der Waals surface area (Å²) in [7, 11) is -3.65. The van der Waals surface area contributed by atoms with Gasteiger partial charge < -0.3 is 5.11 Å². The van der Waals surface area contributed by atoms with Crippen molar-refractivity contribution in [2.75, 3.05) is 13.1 Å². The zero-order valence-corrected chi connectivity index (χ0v) is 10.7. The molecule has 17 heavy (non-hydrogen) atoms. The van der Waals surface area contributed by atoms with Crippen molar-refractivity contribution in [3.05, 3.63) is 23.5 Å². The van der Waals surface area contributed by atoms with Crippen molar-refractivity contribution < 1.29 is 13.5 Å². The maximum absolute atomic E-state index is 12.2. The summed E-state index contributed by atoms with van der Waals surface area (Å²) in [5.74, 6) is 0. The summed E-state index contributed by atoms with van der Waals surface area (Å²) in [6.45, 7) is 0.526. The molecule has 0 bridgehead atoms. The van der Waals surface area contributed by atoms with Gasteiger partial charge in [0.05, 0.1) is 6.10 Å². The van der Waals surface area contributed by atoms with Crippen molar-refractivity contribution in [2.45, 2.75) is 23.8 Å². The standard InChI is InChI=1S/C10H13ClN2O3S/c11-10-9(4-1-5-12-10)17(15,16)13-6-2-3-8(14)7-13/h1,4-5,8,14H,2-3,6-7H2. The maximum atomic E-state index is 12.2. The van der Waals surface area contributed by atoms with E-state index in [0.29, 0.717) is 19.4 Å². The van der Waals surface area contributed by atoms with E-state index in [9.17, 15) is 13.5 Å². The fraction of sp³-hybridized carbons (Fsp3) is 0.500. The highest BCUT2D eigenvalue weighted by Crippen LogP contribution is 2.24. The van der Waals surface area contributed by atoms with Crippen LogP contribution in [-0.4, -0.2) is 42.0 Å². The van der Waals surface area contributed by atoms with Crippen LogP contribution in [0.4, 0.5) is 0 Å².